The first-order chi connectivity index (χ1) is 9.74. The molecule has 106 valence electrons. The molecule has 0 fully saturated rings. The predicted octanol–water partition coefficient (Wildman–Crippen LogP) is 3.77. The molecule has 0 radical (unpaired) electrons. The number of aromatic nitrogens is 2. The zero-order valence-corrected chi connectivity index (χ0v) is 12.8. The van der Waals surface area contributed by atoms with Crippen LogP contribution in [0.25, 0.3) is 0 Å². The van der Waals surface area contributed by atoms with Crippen molar-refractivity contribution >= 4 is 17.7 Å². The van der Waals surface area contributed by atoms with Gasteiger partial charge in [-0.05, 0) is 25.5 Å². The molecule has 0 spiro atoms. The van der Waals surface area contributed by atoms with Crippen molar-refractivity contribution in [2.45, 2.75) is 30.2 Å². The summed E-state index contributed by atoms with van der Waals surface area (Å²) in [6, 6.07) is 7.95. The highest BCUT2D eigenvalue weighted by Gasteiger charge is 2.09. The normalized spacial score (nSPS) is 10.3. The molecule has 2 rings (SSSR count). The number of ether oxygens (including phenoxy) is 1. The van der Waals surface area contributed by atoms with Gasteiger partial charge in [-0.25, -0.2) is 9.97 Å². The molecule has 0 bridgehead atoms. The summed E-state index contributed by atoms with van der Waals surface area (Å²) in [4.78, 5) is 9.91. The Labute approximate surface area is 124 Å². The minimum atomic E-state index is 0.676. The Morgan fingerprint density at radius 1 is 1.30 bits per heavy atom. The smallest absolute Gasteiger partial charge is 0.223 e. The molecule has 5 heteroatoms. The SMILES string of the molecule is CCCNc1ncc(C)c(Sc2ccccc2OC)n1. The van der Waals surface area contributed by atoms with Crippen LogP contribution in [-0.2, 0) is 0 Å². The standard InChI is InChI=1S/C15H19N3OS/c1-4-9-16-15-17-10-11(2)14(18-15)20-13-8-6-5-7-12(13)19-3/h5-8,10H,4,9H2,1-3H3,(H,16,17,18). The number of nitrogens with zero attached hydrogens (tertiary/aromatic N) is 2. The molecule has 1 aromatic carbocycles. The maximum Gasteiger partial charge on any atom is 0.223 e. The Morgan fingerprint density at radius 3 is 2.85 bits per heavy atom. The molecular weight excluding hydrogens is 270 g/mol. The summed E-state index contributed by atoms with van der Waals surface area (Å²) in [5.74, 6) is 1.54. The molecule has 0 atom stereocenters. The second-order valence-electron chi connectivity index (χ2n) is 4.36. The van der Waals surface area contributed by atoms with Crippen LogP contribution in [-0.4, -0.2) is 23.6 Å². The lowest BCUT2D eigenvalue weighted by Crippen LogP contribution is -2.05. The van der Waals surface area contributed by atoms with Gasteiger partial charge >= 0.3 is 0 Å². The fraction of sp³-hybridized carbons (Fsp3) is 0.333. The van der Waals surface area contributed by atoms with Gasteiger partial charge in [-0.1, -0.05) is 30.8 Å². The molecule has 0 aliphatic heterocycles. The summed E-state index contributed by atoms with van der Waals surface area (Å²) in [6.07, 6.45) is 2.90. The summed E-state index contributed by atoms with van der Waals surface area (Å²) in [7, 11) is 1.68. The predicted molar refractivity (Wildman–Crippen MR) is 82.7 cm³/mol. The molecule has 0 saturated carbocycles. The van der Waals surface area contributed by atoms with Crippen LogP contribution in [0, 0.1) is 6.92 Å². The van der Waals surface area contributed by atoms with Crippen molar-refractivity contribution < 1.29 is 4.74 Å². The van der Waals surface area contributed by atoms with E-state index in [1.54, 1.807) is 18.9 Å². The van der Waals surface area contributed by atoms with Gasteiger partial charge in [0.1, 0.15) is 10.8 Å². The van der Waals surface area contributed by atoms with E-state index in [1.807, 2.05) is 37.4 Å². The number of benzene rings is 1. The molecular formula is C15H19N3OS. The molecule has 0 amide bonds. The van der Waals surface area contributed by atoms with E-state index in [-0.39, 0.29) is 0 Å². The number of rotatable bonds is 6. The number of methoxy groups -OCH3 is 1. The van der Waals surface area contributed by atoms with E-state index in [4.69, 9.17) is 4.74 Å². The lowest BCUT2D eigenvalue weighted by Gasteiger charge is -2.10. The monoisotopic (exact) mass is 289 g/mol. The fourth-order valence-electron chi connectivity index (χ4n) is 1.66. The molecule has 1 heterocycles. The molecule has 0 saturated heterocycles. The zero-order chi connectivity index (χ0) is 14.4. The Hall–Kier alpha value is -1.75. The van der Waals surface area contributed by atoms with Crippen LogP contribution in [0.5, 0.6) is 5.75 Å². The van der Waals surface area contributed by atoms with E-state index < -0.39 is 0 Å². The number of hydrogen-bond donors (Lipinski definition) is 1. The maximum atomic E-state index is 5.37. The largest absolute Gasteiger partial charge is 0.496 e. The maximum absolute atomic E-state index is 5.37. The number of anilines is 1. The number of nitrogens with one attached hydrogen (secondary N) is 1. The van der Waals surface area contributed by atoms with Gasteiger partial charge in [0.05, 0.1) is 12.0 Å². The van der Waals surface area contributed by atoms with Gasteiger partial charge in [0.15, 0.2) is 0 Å². The van der Waals surface area contributed by atoms with Crippen molar-refractivity contribution in [1.82, 2.24) is 9.97 Å². The Kier molecular flexibility index (Phi) is 5.24. The van der Waals surface area contributed by atoms with Crippen LogP contribution in [0.2, 0.25) is 0 Å². The van der Waals surface area contributed by atoms with Gasteiger partial charge in [-0.3, -0.25) is 0 Å². The average molecular weight is 289 g/mol. The van der Waals surface area contributed by atoms with Crippen LogP contribution in [0.1, 0.15) is 18.9 Å². The van der Waals surface area contributed by atoms with E-state index >= 15 is 0 Å². The van der Waals surface area contributed by atoms with Crippen LogP contribution < -0.4 is 10.1 Å². The van der Waals surface area contributed by atoms with E-state index in [9.17, 15) is 0 Å². The molecule has 20 heavy (non-hydrogen) atoms. The lowest BCUT2D eigenvalue weighted by molar-refractivity contribution is 0.405. The molecule has 0 aliphatic rings. The van der Waals surface area contributed by atoms with E-state index in [0.717, 1.165) is 34.2 Å². The number of para-hydroxylation sites is 1. The summed E-state index contributed by atoms with van der Waals surface area (Å²) < 4.78 is 5.37. The number of aryl methyl sites for hydroxylation is 1. The second-order valence-corrected chi connectivity index (χ2v) is 5.39. The average Bonchev–Trinajstić information content (AvgIpc) is 2.48. The Bertz CT molecular complexity index is 575. The van der Waals surface area contributed by atoms with Crippen LogP contribution >= 0.6 is 11.8 Å². The summed E-state index contributed by atoms with van der Waals surface area (Å²) >= 11 is 1.60. The minimum Gasteiger partial charge on any atom is -0.496 e. The van der Waals surface area contributed by atoms with E-state index in [0.29, 0.717) is 5.95 Å². The van der Waals surface area contributed by atoms with Crippen molar-refractivity contribution in [2.75, 3.05) is 19.0 Å². The first-order valence-electron chi connectivity index (χ1n) is 6.63. The van der Waals surface area contributed by atoms with Gasteiger partial charge in [0, 0.05) is 18.3 Å². The Balaban J connectivity index is 2.23. The molecule has 0 unspecified atom stereocenters. The van der Waals surface area contributed by atoms with Gasteiger partial charge < -0.3 is 10.1 Å². The third kappa shape index (κ3) is 3.63. The third-order valence-corrected chi connectivity index (χ3v) is 3.90. The van der Waals surface area contributed by atoms with Gasteiger partial charge in [-0.15, -0.1) is 0 Å². The van der Waals surface area contributed by atoms with Crippen LogP contribution in [0.15, 0.2) is 40.4 Å². The minimum absolute atomic E-state index is 0.676. The highest BCUT2D eigenvalue weighted by atomic mass is 32.2. The molecule has 4 nitrogen and oxygen atoms in total. The Morgan fingerprint density at radius 2 is 2.10 bits per heavy atom. The molecule has 2 aromatic rings. The van der Waals surface area contributed by atoms with Gasteiger partial charge in [0.25, 0.3) is 0 Å². The summed E-state index contributed by atoms with van der Waals surface area (Å²) in [6.45, 7) is 5.01. The second kappa shape index (κ2) is 7.14. The van der Waals surface area contributed by atoms with Crippen molar-refractivity contribution in [3.8, 4) is 5.75 Å². The zero-order valence-electron chi connectivity index (χ0n) is 12.0. The lowest BCUT2D eigenvalue weighted by atomic mass is 10.3. The topological polar surface area (TPSA) is 47.0 Å². The fourth-order valence-corrected chi connectivity index (χ4v) is 2.61. The first kappa shape index (κ1) is 14.7. The first-order valence-corrected chi connectivity index (χ1v) is 7.44. The van der Waals surface area contributed by atoms with Gasteiger partial charge in [-0.2, -0.15) is 0 Å². The molecule has 0 aliphatic carbocycles. The highest BCUT2D eigenvalue weighted by Crippen LogP contribution is 2.35. The van der Waals surface area contributed by atoms with Gasteiger partial charge in [0.2, 0.25) is 5.95 Å². The third-order valence-electron chi connectivity index (χ3n) is 2.73. The molecule has 1 aromatic heterocycles. The number of hydrogen-bond acceptors (Lipinski definition) is 5. The van der Waals surface area contributed by atoms with Crippen LogP contribution in [0.4, 0.5) is 5.95 Å². The van der Waals surface area contributed by atoms with E-state index in [1.165, 1.54) is 0 Å². The van der Waals surface area contributed by atoms with Crippen molar-refractivity contribution in [3.05, 3.63) is 36.0 Å². The summed E-state index contributed by atoms with van der Waals surface area (Å²) in [5, 5.41) is 4.16. The van der Waals surface area contributed by atoms with Crippen molar-refractivity contribution in [1.29, 1.82) is 0 Å². The van der Waals surface area contributed by atoms with E-state index in [2.05, 4.69) is 22.2 Å². The van der Waals surface area contributed by atoms with Crippen molar-refractivity contribution in [3.63, 3.8) is 0 Å². The van der Waals surface area contributed by atoms with Crippen LogP contribution in [0.3, 0.4) is 0 Å². The molecule has 1 N–H and O–H groups in total. The van der Waals surface area contributed by atoms with Crippen molar-refractivity contribution in [2.24, 2.45) is 0 Å². The highest BCUT2D eigenvalue weighted by molar-refractivity contribution is 7.99. The quantitative estimate of drug-likeness (QED) is 0.820. The summed E-state index contributed by atoms with van der Waals surface area (Å²) in [5.41, 5.74) is 1.06.